The minimum absolute atomic E-state index is 0.00958. The number of aromatic nitrogens is 1. The summed E-state index contributed by atoms with van der Waals surface area (Å²) in [5.41, 5.74) is 4.46. The Bertz CT molecular complexity index is 589. The summed E-state index contributed by atoms with van der Waals surface area (Å²) in [6, 6.07) is 10.1. The number of nitrogens with zero attached hydrogens (tertiary/aromatic N) is 1. The first-order valence-corrected chi connectivity index (χ1v) is 7.74. The molecule has 4 heteroatoms. The molecule has 0 saturated carbocycles. The summed E-state index contributed by atoms with van der Waals surface area (Å²) in [5, 5.41) is 6.21. The second-order valence-corrected chi connectivity index (χ2v) is 5.17. The maximum atomic E-state index is 12.2. The Balaban J connectivity index is 1.92. The van der Waals surface area contributed by atoms with Crippen LogP contribution in [0, 0.1) is 0 Å². The van der Waals surface area contributed by atoms with Gasteiger partial charge in [-0.1, -0.05) is 32.0 Å². The Morgan fingerprint density at radius 2 is 1.68 bits per heavy atom. The molecule has 0 aliphatic rings. The molecule has 0 aliphatic carbocycles. The summed E-state index contributed by atoms with van der Waals surface area (Å²) >= 11 is 0. The molecule has 0 aliphatic heterocycles. The van der Waals surface area contributed by atoms with Gasteiger partial charge >= 0.3 is 0 Å². The van der Waals surface area contributed by atoms with Crippen molar-refractivity contribution < 1.29 is 4.79 Å². The van der Waals surface area contributed by atoms with E-state index < -0.39 is 0 Å². The van der Waals surface area contributed by atoms with Crippen LogP contribution >= 0.6 is 0 Å². The molecule has 22 heavy (non-hydrogen) atoms. The number of nitrogens with one attached hydrogen (secondary N) is 2. The third-order valence-electron chi connectivity index (χ3n) is 3.63. The van der Waals surface area contributed by atoms with Crippen molar-refractivity contribution in [2.24, 2.45) is 0 Å². The van der Waals surface area contributed by atoms with Crippen LogP contribution in [0.5, 0.6) is 0 Å². The summed E-state index contributed by atoms with van der Waals surface area (Å²) in [6.07, 6.45) is 5.33. The SMILES string of the molecule is CCc1cccc(CC)c1NC(=O)CNCc1ccncc1. The molecular weight excluding hydrogens is 274 g/mol. The van der Waals surface area contributed by atoms with Crippen molar-refractivity contribution in [3.8, 4) is 0 Å². The first-order valence-electron chi connectivity index (χ1n) is 7.74. The molecule has 1 aromatic heterocycles. The van der Waals surface area contributed by atoms with Gasteiger partial charge in [0.25, 0.3) is 0 Å². The zero-order valence-corrected chi connectivity index (χ0v) is 13.2. The number of benzene rings is 1. The molecule has 1 amide bonds. The van der Waals surface area contributed by atoms with Crippen LogP contribution in [0.1, 0.15) is 30.5 Å². The van der Waals surface area contributed by atoms with Crippen LogP contribution in [-0.2, 0) is 24.2 Å². The smallest absolute Gasteiger partial charge is 0.238 e. The molecule has 2 rings (SSSR count). The van der Waals surface area contributed by atoms with Crippen molar-refractivity contribution in [2.45, 2.75) is 33.2 Å². The van der Waals surface area contributed by atoms with Gasteiger partial charge in [-0.25, -0.2) is 0 Å². The van der Waals surface area contributed by atoms with E-state index in [1.807, 2.05) is 12.1 Å². The third-order valence-corrected chi connectivity index (χ3v) is 3.63. The van der Waals surface area contributed by atoms with E-state index in [2.05, 4.69) is 47.7 Å². The first-order chi connectivity index (χ1) is 10.7. The Kier molecular flexibility index (Phi) is 6.10. The van der Waals surface area contributed by atoms with Crippen LogP contribution in [0.2, 0.25) is 0 Å². The largest absolute Gasteiger partial charge is 0.324 e. The van der Waals surface area contributed by atoms with Crippen molar-refractivity contribution in [3.63, 3.8) is 0 Å². The minimum Gasteiger partial charge on any atom is -0.324 e. The number of amides is 1. The maximum Gasteiger partial charge on any atom is 0.238 e. The lowest BCUT2D eigenvalue weighted by Gasteiger charge is -2.14. The van der Waals surface area contributed by atoms with Gasteiger partial charge in [0.05, 0.1) is 6.54 Å². The van der Waals surface area contributed by atoms with Gasteiger partial charge in [-0.2, -0.15) is 0 Å². The number of aryl methyl sites for hydroxylation is 2. The lowest BCUT2D eigenvalue weighted by atomic mass is 10.0. The third kappa shape index (κ3) is 4.40. The topological polar surface area (TPSA) is 54.0 Å². The van der Waals surface area contributed by atoms with Crippen molar-refractivity contribution >= 4 is 11.6 Å². The van der Waals surface area contributed by atoms with E-state index >= 15 is 0 Å². The van der Waals surface area contributed by atoms with E-state index in [0.29, 0.717) is 13.1 Å². The van der Waals surface area contributed by atoms with Gasteiger partial charge in [-0.15, -0.1) is 0 Å². The Morgan fingerprint density at radius 1 is 1.05 bits per heavy atom. The van der Waals surface area contributed by atoms with E-state index in [1.165, 1.54) is 11.1 Å². The highest BCUT2D eigenvalue weighted by Gasteiger charge is 2.09. The lowest BCUT2D eigenvalue weighted by Crippen LogP contribution is -2.28. The summed E-state index contributed by atoms with van der Waals surface area (Å²) < 4.78 is 0. The van der Waals surface area contributed by atoms with Crippen LogP contribution in [0.15, 0.2) is 42.7 Å². The van der Waals surface area contributed by atoms with Crippen molar-refractivity contribution in [1.82, 2.24) is 10.3 Å². The van der Waals surface area contributed by atoms with Crippen LogP contribution in [-0.4, -0.2) is 17.4 Å². The fourth-order valence-electron chi connectivity index (χ4n) is 2.41. The van der Waals surface area contributed by atoms with Gasteiger partial charge in [0.2, 0.25) is 5.91 Å². The Morgan fingerprint density at radius 3 is 2.27 bits per heavy atom. The van der Waals surface area contributed by atoms with Crippen LogP contribution in [0.25, 0.3) is 0 Å². The molecular formula is C18H23N3O. The molecule has 0 atom stereocenters. The van der Waals surface area contributed by atoms with E-state index in [0.717, 1.165) is 24.1 Å². The van der Waals surface area contributed by atoms with E-state index in [4.69, 9.17) is 0 Å². The number of hydrogen-bond donors (Lipinski definition) is 2. The molecule has 4 nitrogen and oxygen atoms in total. The number of rotatable bonds is 7. The summed E-state index contributed by atoms with van der Waals surface area (Å²) in [6.45, 7) is 5.16. The number of para-hydroxylation sites is 1. The number of pyridine rings is 1. The molecule has 0 unspecified atom stereocenters. The number of carbonyl (C=O) groups excluding carboxylic acids is 1. The van der Waals surface area contributed by atoms with E-state index in [9.17, 15) is 4.79 Å². The highest BCUT2D eigenvalue weighted by molar-refractivity contribution is 5.93. The monoisotopic (exact) mass is 297 g/mol. The zero-order chi connectivity index (χ0) is 15.8. The molecule has 0 radical (unpaired) electrons. The average molecular weight is 297 g/mol. The van der Waals surface area contributed by atoms with Gasteiger partial charge in [0.1, 0.15) is 0 Å². The van der Waals surface area contributed by atoms with Crippen molar-refractivity contribution in [1.29, 1.82) is 0 Å². The number of hydrogen-bond acceptors (Lipinski definition) is 3. The second kappa shape index (κ2) is 8.29. The van der Waals surface area contributed by atoms with Crippen LogP contribution in [0.4, 0.5) is 5.69 Å². The summed E-state index contributed by atoms with van der Waals surface area (Å²) in [4.78, 5) is 16.1. The van der Waals surface area contributed by atoms with Gasteiger partial charge < -0.3 is 10.6 Å². The normalized spacial score (nSPS) is 10.5. The average Bonchev–Trinajstić information content (AvgIpc) is 2.56. The molecule has 0 spiro atoms. The minimum atomic E-state index is -0.00958. The second-order valence-electron chi connectivity index (χ2n) is 5.17. The van der Waals surface area contributed by atoms with Gasteiger partial charge in [0, 0.05) is 24.6 Å². The molecule has 0 bridgehead atoms. The van der Waals surface area contributed by atoms with Crippen LogP contribution in [0.3, 0.4) is 0 Å². The van der Waals surface area contributed by atoms with E-state index in [1.54, 1.807) is 12.4 Å². The summed E-state index contributed by atoms with van der Waals surface area (Å²) in [7, 11) is 0. The zero-order valence-electron chi connectivity index (χ0n) is 13.2. The number of anilines is 1. The standard InChI is InChI=1S/C18H23N3O/c1-3-15-6-5-7-16(4-2)18(15)21-17(22)13-20-12-14-8-10-19-11-9-14/h5-11,20H,3-4,12-13H2,1-2H3,(H,21,22). The Hall–Kier alpha value is -2.20. The summed E-state index contributed by atoms with van der Waals surface area (Å²) in [5.74, 6) is -0.00958. The fraction of sp³-hybridized carbons (Fsp3) is 0.333. The fourth-order valence-corrected chi connectivity index (χ4v) is 2.41. The molecule has 1 aromatic carbocycles. The molecule has 2 aromatic rings. The molecule has 1 heterocycles. The Labute approximate surface area is 132 Å². The first kappa shape index (κ1) is 16.2. The quantitative estimate of drug-likeness (QED) is 0.826. The predicted octanol–water partition coefficient (Wildman–Crippen LogP) is 2.93. The van der Waals surface area contributed by atoms with Gasteiger partial charge in [0.15, 0.2) is 0 Å². The molecule has 0 saturated heterocycles. The highest BCUT2D eigenvalue weighted by atomic mass is 16.1. The lowest BCUT2D eigenvalue weighted by molar-refractivity contribution is -0.115. The van der Waals surface area contributed by atoms with Gasteiger partial charge in [-0.05, 0) is 41.7 Å². The molecule has 116 valence electrons. The predicted molar refractivity (Wildman–Crippen MR) is 89.8 cm³/mol. The maximum absolute atomic E-state index is 12.2. The highest BCUT2D eigenvalue weighted by Crippen LogP contribution is 2.22. The van der Waals surface area contributed by atoms with Gasteiger partial charge in [-0.3, -0.25) is 9.78 Å². The van der Waals surface area contributed by atoms with Crippen molar-refractivity contribution in [3.05, 3.63) is 59.4 Å². The van der Waals surface area contributed by atoms with E-state index in [-0.39, 0.29) is 5.91 Å². The van der Waals surface area contributed by atoms with Crippen molar-refractivity contribution in [2.75, 3.05) is 11.9 Å². The molecule has 0 fully saturated rings. The molecule has 2 N–H and O–H groups in total. The van der Waals surface area contributed by atoms with Crippen LogP contribution < -0.4 is 10.6 Å². The number of carbonyl (C=O) groups is 1.